The van der Waals surface area contributed by atoms with Crippen LogP contribution in [-0.2, 0) is 6.42 Å². The van der Waals surface area contributed by atoms with Crippen LogP contribution >= 0.6 is 34.8 Å². The van der Waals surface area contributed by atoms with Gasteiger partial charge in [-0.25, -0.2) is 9.97 Å². The summed E-state index contributed by atoms with van der Waals surface area (Å²) in [7, 11) is 0. The van der Waals surface area contributed by atoms with E-state index in [9.17, 15) is 0 Å². The topological polar surface area (TPSA) is 37.8 Å². The maximum atomic E-state index is 6.20. The van der Waals surface area contributed by atoms with Crippen molar-refractivity contribution in [2.45, 2.75) is 26.7 Å². The van der Waals surface area contributed by atoms with Gasteiger partial charge >= 0.3 is 0 Å². The molecule has 0 aliphatic rings. The smallest absolute Gasteiger partial charge is 0.138 e. The number of nitrogens with one attached hydrogen (secondary N) is 1. The van der Waals surface area contributed by atoms with Crippen molar-refractivity contribution in [2.24, 2.45) is 0 Å². The quantitative estimate of drug-likeness (QED) is 0.758. The number of nitrogens with zero attached hydrogens (tertiary/aromatic N) is 2. The fraction of sp³-hybridized carbons (Fsp3) is 0.286. The molecule has 3 nitrogen and oxygen atoms in total. The van der Waals surface area contributed by atoms with Gasteiger partial charge < -0.3 is 5.32 Å². The number of halogens is 3. The van der Waals surface area contributed by atoms with Gasteiger partial charge in [0.15, 0.2) is 0 Å². The molecule has 0 aliphatic heterocycles. The number of aromatic nitrogens is 2. The Bertz CT molecular complexity index is 629. The molecule has 1 aromatic carbocycles. The molecule has 0 saturated carbocycles. The molecule has 0 saturated heterocycles. The monoisotopic (exact) mass is 329 g/mol. The van der Waals surface area contributed by atoms with Crippen LogP contribution in [0.2, 0.25) is 15.2 Å². The second-order valence-electron chi connectivity index (χ2n) is 4.39. The highest BCUT2D eigenvalue weighted by molar-refractivity contribution is 6.36. The van der Waals surface area contributed by atoms with Gasteiger partial charge in [0.25, 0.3) is 0 Å². The summed E-state index contributed by atoms with van der Waals surface area (Å²) in [5, 5.41) is 4.81. The first-order valence-electron chi connectivity index (χ1n) is 6.26. The molecule has 0 amide bonds. The SMILES string of the molecule is CCCc1c(Cl)nc(C)nc1Nc1ccc(Cl)cc1Cl. The normalized spacial score (nSPS) is 10.7. The molecule has 6 heteroatoms. The number of benzene rings is 1. The predicted octanol–water partition coefficient (Wildman–Crippen LogP) is 5.44. The second kappa shape index (κ2) is 6.61. The lowest BCUT2D eigenvalue weighted by atomic mass is 10.2. The van der Waals surface area contributed by atoms with Crippen LogP contribution in [0.25, 0.3) is 0 Å². The summed E-state index contributed by atoms with van der Waals surface area (Å²) in [6, 6.07) is 5.26. The van der Waals surface area contributed by atoms with Crippen LogP contribution in [-0.4, -0.2) is 9.97 Å². The average molecular weight is 331 g/mol. The maximum Gasteiger partial charge on any atom is 0.138 e. The zero-order valence-electron chi connectivity index (χ0n) is 11.2. The van der Waals surface area contributed by atoms with Gasteiger partial charge in [-0.3, -0.25) is 0 Å². The van der Waals surface area contributed by atoms with E-state index in [-0.39, 0.29) is 0 Å². The summed E-state index contributed by atoms with van der Waals surface area (Å²) >= 11 is 18.3. The second-order valence-corrected chi connectivity index (χ2v) is 5.59. The zero-order valence-corrected chi connectivity index (χ0v) is 13.4. The molecule has 0 radical (unpaired) electrons. The van der Waals surface area contributed by atoms with Crippen molar-refractivity contribution in [1.82, 2.24) is 9.97 Å². The summed E-state index contributed by atoms with van der Waals surface area (Å²) in [5.41, 5.74) is 1.63. The van der Waals surface area contributed by atoms with E-state index >= 15 is 0 Å². The van der Waals surface area contributed by atoms with Crippen LogP contribution in [0.5, 0.6) is 0 Å². The molecular formula is C14H14Cl3N3. The van der Waals surface area contributed by atoms with Gasteiger partial charge in [-0.1, -0.05) is 48.1 Å². The molecule has 2 rings (SSSR count). The van der Waals surface area contributed by atoms with Gasteiger partial charge in [-0.15, -0.1) is 0 Å². The Morgan fingerprint density at radius 3 is 2.55 bits per heavy atom. The van der Waals surface area contributed by atoms with Crippen LogP contribution in [0.4, 0.5) is 11.5 Å². The van der Waals surface area contributed by atoms with E-state index in [2.05, 4.69) is 22.2 Å². The lowest BCUT2D eigenvalue weighted by molar-refractivity contribution is 0.894. The maximum absolute atomic E-state index is 6.20. The first-order valence-corrected chi connectivity index (χ1v) is 7.39. The van der Waals surface area contributed by atoms with Gasteiger partial charge in [-0.05, 0) is 31.5 Å². The van der Waals surface area contributed by atoms with Gasteiger partial charge in [0.2, 0.25) is 0 Å². The molecule has 0 aliphatic carbocycles. The predicted molar refractivity (Wildman–Crippen MR) is 85.5 cm³/mol. The van der Waals surface area contributed by atoms with Gasteiger partial charge in [0.1, 0.15) is 16.8 Å². The highest BCUT2D eigenvalue weighted by Crippen LogP contribution is 2.31. The minimum Gasteiger partial charge on any atom is -0.339 e. The summed E-state index contributed by atoms with van der Waals surface area (Å²) in [6.45, 7) is 3.88. The molecular weight excluding hydrogens is 317 g/mol. The highest BCUT2D eigenvalue weighted by Gasteiger charge is 2.12. The van der Waals surface area contributed by atoms with Crippen LogP contribution in [0, 0.1) is 6.92 Å². The third-order valence-corrected chi connectivity index (χ3v) is 3.61. The number of anilines is 2. The van der Waals surface area contributed by atoms with Crippen LogP contribution in [0.3, 0.4) is 0 Å². The van der Waals surface area contributed by atoms with Gasteiger partial charge in [0, 0.05) is 10.6 Å². The molecule has 0 atom stereocenters. The Morgan fingerprint density at radius 2 is 1.90 bits per heavy atom. The number of hydrogen-bond acceptors (Lipinski definition) is 3. The molecule has 1 heterocycles. The number of aryl methyl sites for hydroxylation is 1. The number of hydrogen-bond donors (Lipinski definition) is 1. The van der Waals surface area contributed by atoms with Crippen molar-refractivity contribution in [1.29, 1.82) is 0 Å². The van der Waals surface area contributed by atoms with E-state index in [4.69, 9.17) is 34.8 Å². The molecule has 106 valence electrons. The minimum atomic E-state index is 0.479. The first-order chi connectivity index (χ1) is 9.51. The van der Waals surface area contributed by atoms with Gasteiger partial charge in [-0.2, -0.15) is 0 Å². The third-order valence-electron chi connectivity index (χ3n) is 2.75. The van der Waals surface area contributed by atoms with Gasteiger partial charge in [0.05, 0.1) is 10.7 Å². The van der Waals surface area contributed by atoms with Crippen molar-refractivity contribution in [3.05, 3.63) is 44.8 Å². The molecule has 20 heavy (non-hydrogen) atoms. The van der Waals surface area contributed by atoms with E-state index < -0.39 is 0 Å². The largest absolute Gasteiger partial charge is 0.339 e. The minimum absolute atomic E-state index is 0.479. The molecule has 0 unspecified atom stereocenters. The van der Waals surface area contributed by atoms with Crippen LogP contribution in [0.1, 0.15) is 24.7 Å². The number of rotatable bonds is 4. The summed E-state index contributed by atoms with van der Waals surface area (Å²) < 4.78 is 0. The van der Waals surface area contributed by atoms with E-state index in [0.717, 1.165) is 24.1 Å². The van der Waals surface area contributed by atoms with E-state index in [1.165, 1.54) is 0 Å². The molecule has 1 N–H and O–H groups in total. The summed E-state index contributed by atoms with van der Waals surface area (Å²) in [4.78, 5) is 8.60. The lowest BCUT2D eigenvalue weighted by Gasteiger charge is -2.13. The Hall–Kier alpha value is -1.03. The van der Waals surface area contributed by atoms with Crippen molar-refractivity contribution in [3.8, 4) is 0 Å². The third kappa shape index (κ3) is 3.54. The molecule has 0 fully saturated rings. The van der Waals surface area contributed by atoms with E-state index in [0.29, 0.717) is 26.8 Å². The van der Waals surface area contributed by atoms with E-state index in [1.807, 2.05) is 6.07 Å². The molecule has 1 aromatic heterocycles. The van der Waals surface area contributed by atoms with Crippen LogP contribution in [0.15, 0.2) is 18.2 Å². The molecule has 0 bridgehead atoms. The Balaban J connectivity index is 2.41. The fourth-order valence-electron chi connectivity index (χ4n) is 1.85. The highest BCUT2D eigenvalue weighted by atomic mass is 35.5. The standard InChI is InChI=1S/C14H14Cl3N3/c1-3-4-10-13(17)18-8(2)19-14(10)20-12-6-5-9(15)7-11(12)16/h5-7H,3-4H2,1-2H3,(H,18,19,20). The Kier molecular flexibility index (Phi) is 5.08. The summed E-state index contributed by atoms with van der Waals surface area (Å²) in [5.74, 6) is 1.30. The fourth-order valence-corrected chi connectivity index (χ4v) is 2.62. The van der Waals surface area contributed by atoms with Crippen LogP contribution < -0.4 is 5.32 Å². The zero-order chi connectivity index (χ0) is 14.7. The molecule has 2 aromatic rings. The lowest BCUT2D eigenvalue weighted by Crippen LogP contribution is -2.04. The van der Waals surface area contributed by atoms with Crippen molar-refractivity contribution in [3.63, 3.8) is 0 Å². The molecule has 0 spiro atoms. The average Bonchev–Trinajstić information content (AvgIpc) is 2.37. The van der Waals surface area contributed by atoms with E-state index in [1.54, 1.807) is 19.1 Å². The Labute approximate surface area is 133 Å². The van der Waals surface area contributed by atoms with Crippen molar-refractivity contribution in [2.75, 3.05) is 5.32 Å². The summed E-state index contributed by atoms with van der Waals surface area (Å²) in [6.07, 6.45) is 1.75. The van der Waals surface area contributed by atoms with Crippen molar-refractivity contribution >= 4 is 46.3 Å². The van der Waals surface area contributed by atoms with Crippen molar-refractivity contribution < 1.29 is 0 Å². The first kappa shape index (κ1) is 15.4. The Morgan fingerprint density at radius 1 is 1.15 bits per heavy atom.